The average molecular weight is 390 g/mol. The monoisotopic (exact) mass is 390 g/mol. The van der Waals surface area contributed by atoms with E-state index in [9.17, 15) is 15.0 Å². The zero-order valence-electron chi connectivity index (χ0n) is 15.5. The number of nitrogens with one attached hydrogen (secondary N) is 1. The molecule has 1 fully saturated rings. The fourth-order valence-electron chi connectivity index (χ4n) is 3.31. The summed E-state index contributed by atoms with van der Waals surface area (Å²) in [5, 5.41) is 24.6. The number of carbonyl (C=O) groups is 1. The predicted octanol–water partition coefficient (Wildman–Crippen LogP) is 1.84. The third-order valence-corrected chi connectivity index (χ3v) is 4.72. The van der Waals surface area contributed by atoms with Gasteiger partial charge in [-0.2, -0.15) is 0 Å². The van der Waals surface area contributed by atoms with Gasteiger partial charge in [0.2, 0.25) is 11.8 Å². The van der Waals surface area contributed by atoms with Crippen molar-refractivity contribution in [2.24, 2.45) is 0 Å². The Kier molecular flexibility index (Phi) is 4.54. The summed E-state index contributed by atoms with van der Waals surface area (Å²) < 4.78 is 7.13. The smallest absolute Gasteiger partial charge is 0.256 e. The molecule has 3 atom stereocenters. The van der Waals surface area contributed by atoms with Gasteiger partial charge in [0.25, 0.3) is 5.91 Å². The average Bonchev–Trinajstić information content (AvgIpc) is 3.24. The highest BCUT2D eigenvalue weighted by Crippen LogP contribution is 2.41. The van der Waals surface area contributed by atoms with Crippen molar-refractivity contribution < 1.29 is 19.7 Å². The topological polar surface area (TPSA) is 110 Å². The molecule has 2 aromatic heterocycles. The van der Waals surface area contributed by atoms with Gasteiger partial charge in [0.15, 0.2) is 6.10 Å². The van der Waals surface area contributed by atoms with E-state index >= 15 is 0 Å². The van der Waals surface area contributed by atoms with Gasteiger partial charge in [-0.1, -0.05) is 30.7 Å². The second-order valence-electron chi connectivity index (χ2n) is 6.54. The van der Waals surface area contributed by atoms with Crippen LogP contribution in [-0.4, -0.2) is 42.4 Å². The first kappa shape index (κ1) is 18.7. The molecule has 0 saturated carbocycles. The van der Waals surface area contributed by atoms with Gasteiger partial charge in [0.1, 0.15) is 23.6 Å². The van der Waals surface area contributed by atoms with Crippen molar-refractivity contribution in [2.75, 3.05) is 5.32 Å². The summed E-state index contributed by atoms with van der Waals surface area (Å²) in [4.78, 5) is 20.9. The number of benzene rings is 1. The summed E-state index contributed by atoms with van der Waals surface area (Å²) in [6.45, 7) is 5.19. The van der Waals surface area contributed by atoms with E-state index in [1.807, 2.05) is 6.07 Å². The SMILES string of the molecule is C=C1O[C@@H](n2ccc3c(NC(=O)c4ccccc4)ncnc32)[C@@](O)(C#CC)[C@@H]1O. The van der Waals surface area contributed by atoms with Crippen molar-refractivity contribution in [2.45, 2.75) is 24.9 Å². The lowest BCUT2D eigenvalue weighted by Crippen LogP contribution is -2.43. The first-order chi connectivity index (χ1) is 14.0. The number of hydrogen-bond donors (Lipinski definition) is 3. The van der Waals surface area contributed by atoms with Crippen LogP contribution in [0.25, 0.3) is 11.0 Å². The number of rotatable bonds is 3. The van der Waals surface area contributed by atoms with Crippen molar-refractivity contribution in [3.63, 3.8) is 0 Å². The van der Waals surface area contributed by atoms with Crippen LogP contribution in [0.15, 0.2) is 61.3 Å². The quantitative estimate of drug-likeness (QED) is 0.589. The van der Waals surface area contributed by atoms with Crippen molar-refractivity contribution >= 4 is 22.8 Å². The van der Waals surface area contributed by atoms with E-state index in [1.54, 1.807) is 43.5 Å². The third-order valence-electron chi connectivity index (χ3n) is 4.72. The second kappa shape index (κ2) is 7.05. The van der Waals surface area contributed by atoms with Gasteiger partial charge in [0, 0.05) is 11.8 Å². The Morgan fingerprint density at radius 1 is 1.31 bits per heavy atom. The Bertz CT molecular complexity index is 1160. The molecule has 146 valence electrons. The first-order valence-electron chi connectivity index (χ1n) is 8.83. The van der Waals surface area contributed by atoms with Crippen LogP contribution >= 0.6 is 0 Å². The lowest BCUT2D eigenvalue weighted by atomic mass is 9.97. The van der Waals surface area contributed by atoms with Crippen molar-refractivity contribution in [1.82, 2.24) is 14.5 Å². The number of aliphatic hydroxyl groups excluding tert-OH is 1. The van der Waals surface area contributed by atoms with Crippen molar-refractivity contribution in [1.29, 1.82) is 0 Å². The van der Waals surface area contributed by atoms with E-state index in [2.05, 4.69) is 33.7 Å². The Labute approximate surface area is 166 Å². The molecule has 29 heavy (non-hydrogen) atoms. The van der Waals surface area contributed by atoms with Crippen LogP contribution in [0.3, 0.4) is 0 Å². The summed E-state index contributed by atoms with van der Waals surface area (Å²) in [5.74, 6) is 5.23. The molecule has 0 unspecified atom stereocenters. The van der Waals surface area contributed by atoms with E-state index in [1.165, 1.54) is 10.9 Å². The lowest BCUT2D eigenvalue weighted by Gasteiger charge is -2.25. The highest BCUT2D eigenvalue weighted by molar-refractivity contribution is 6.07. The number of aliphatic hydroxyl groups is 2. The minimum absolute atomic E-state index is 0.00811. The molecule has 8 nitrogen and oxygen atoms in total. The predicted molar refractivity (Wildman–Crippen MR) is 106 cm³/mol. The van der Waals surface area contributed by atoms with Gasteiger partial charge >= 0.3 is 0 Å². The van der Waals surface area contributed by atoms with Crippen LogP contribution in [0.1, 0.15) is 23.5 Å². The minimum atomic E-state index is -1.89. The molecule has 1 aromatic carbocycles. The van der Waals surface area contributed by atoms with E-state index in [-0.39, 0.29) is 11.7 Å². The molecule has 0 bridgehead atoms. The van der Waals surface area contributed by atoms with E-state index < -0.39 is 17.9 Å². The summed E-state index contributed by atoms with van der Waals surface area (Å²) in [5.41, 5.74) is -1.01. The van der Waals surface area contributed by atoms with Gasteiger partial charge in [-0.3, -0.25) is 9.36 Å². The largest absolute Gasteiger partial charge is 0.468 e. The summed E-state index contributed by atoms with van der Waals surface area (Å²) in [6.07, 6.45) is 0.471. The Hall–Kier alpha value is -3.67. The van der Waals surface area contributed by atoms with Crippen molar-refractivity contribution in [3.05, 3.63) is 66.8 Å². The molecule has 3 N–H and O–H groups in total. The molecule has 1 aliphatic heterocycles. The number of fused-ring (bicyclic) bond motifs is 1. The summed E-state index contributed by atoms with van der Waals surface area (Å²) in [7, 11) is 0. The molecule has 1 saturated heterocycles. The Morgan fingerprint density at radius 3 is 2.79 bits per heavy atom. The van der Waals surface area contributed by atoms with Gasteiger partial charge in [-0.25, -0.2) is 9.97 Å². The van der Waals surface area contributed by atoms with Crippen LogP contribution in [0.4, 0.5) is 5.82 Å². The Morgan fingerprint density at radius 2 is 2.07 bits per heavy atom. The molecule has 0 radical (unpaired) electrons. The van der Waals surface area contributed by atoms with E-state index in [0.717, 1.165) is 0 Å². The van der Waals surface area contributed by atoms with E-state index in [4.69, 9.17) is 4.74 Å². The molecule has 1 amide bonds. The summed E-state index contributed by atoms with van der Waals surface area (Å²) >= 11 is 0. The number of amides is 1. The molecular weight excluding hydrogens is 372 g/mol. The van der Waals surface area contributed by atoms with Crippen LogP contribution in [0, 0.1) is 11.8 Å². The third kappa shape index (κ3) is 3.02. The fourth-order valence-corrected chi connectivity index (χ4v) is 3.31. The molecule has 3 aromatic rings. The number of nitrogens with zero attached hydrogens (tertiary/aromatic N) is 3. The number of ether oxygens (including phenoxy) is 1. The number of hydrogen-bond acceptors (Lipinski definition) is 6. The van der Waals surface area contributed by atoms with Crippen LogP contribution in [-0.2, 0) is 4.74 Å². The summed E-state index contributed by atoms with van der Waals surface area (Å²) in [6, 6.07) is 10.4. The number of aromatic nitrogens is 3. The zero-order valence-corrected chi connectivity index (χ0v) is 15.5. The minimum Gasteiger partial charge on any atom is -0.468 e. The van der Waals surface area contributed by atoms with Crippen molar-refractivity contribution in [3.8, 4) is 11.8 Å². The first-order valence-corrected chi connectivity index (χ1v) is 8.83. The van der Waals surface area contributed by atoms with Gasteiger partial charge in [-0.15, -0.1) is 5.92 Å². The highest BCUT2D eigenvalue weighted by atomic mass is 16.6. The standard InChI is InChI=1S/C21H18N4O4/c1-3-10-21(28)16(26)13(2)29-20(21)25-11-9-15-17(22-12-23-18(15)25)24-19(27)14-7-5-4-6-8-14/h4-9,11-12,16,20,26,28H,2H2,1H3,(H,22,23,24,27)/t16-,20-,21-/m1/s1. The molecular formula is C21H18N4O4. The zero-order chi connectivity index (χ0) is 20.6. The van der Waals surface area contributed by atoms with Crippen LogP contribution in [0.5, 0.6) is 0 Å². The molecule has 4 rings (SSSR count). The molecule has 0 aliphatic carbocycles. The number of anilines is 1. The normalized spacial score (nSPS) is 23.3. The van der Waals surface area contributed by atoms with Gasteiger partial charge in [0.05, 0.1) is 5.39 Å². The van der Waals surface area contributed by atoms with Gasteiger partial charge in [-0.05, 0) is 25.1 Å². The maximum Gasteiger partial charge on any atom is 0.256 e. The maximum absolute atomic E-state index is 12.5. The molecule has 3 heterocycles. The second-order valence-corrected chi connectivity index (χ2v) is 6.54. The number of carbonyl (C=O) groups excluding carboxylic acids is 1. The van der Waals surface area contributed by atoms with Crippen LogP contribution < -0.4 is 5.32 Å². The van der Waals surface area contributed by atoms with E-state index in [0.29, 0.717) is 22.4 Å². The molecule has 0 spiro atoms. The highest BCUT2D eigenvalue weighted by Gasteiger charge is 2.53. The van der Waals surface area contributed by atoms with Crippen LogP contribution in [0.2, 0.25) is 0 Å². The van der Waals surface area contributed by atoms with Gasteiger partial charge < -0.3 is 20.3 Å². The lowest BCUT2D eigenvalue weighted by molar-refractivity contribution is -0.0629. The molecule has 1 aliphatic rings. The fraction of sp³-hybridized carbons (Fsp3) is 0.190. The molecule has 8 heteroatoms. The Balaban J connectivity index is 1.74. The maximum atomic E-state index is 12.5.